The largest absolute Gasteiger partial charge is 0.385 e. The van der Waals surface area contributed by atoms with Crippen molar-refractivity contribution in [2.45, 2.75) is 30.9 Å². The van der Waals surface area contributed by atoms with Gasteiger partial charge in [0.25, 0.3) is 15.6 Å². The summed E-state index contributed by atoms with van der Waals surface area (Å²) in [6.07, 6.45) is 3.85. The van der Waals surface area contributed by atoms with E-state index >= 15 is 0 Å². The molecule has 0 bridgehead atoms. The monoisotopic (exact) mass is 524 g/mol. The van der Waals surface area contributed by atoms with Crippen LogP contribution in [-0.4, -0.2) is 35.5 Å². The highest BCUT2D eigenvalue weighted by Crippen LogP contribution is 2.29. The van der Waals surface area contributed by atoms with Gasteiger partial charge in [0.05, 0.1) is 22.8 Å². The number of hydrogen-bond donors (Lipinski definition) is 3. The van der Waals surface area contributed by atoms with Crippen molar-refractivity contribution in [1.29, 1.82) is 0 Å². The maximum absolute atomic E-state index is 13.2. The molecule has 10 nitrogen and oxygen atoms in total. The maximum Gasteiger partial charge on any atom is 0.333 e. The Morgan fingerprint density at radius 1 is 1.11 bits per heavy atom. The lowest BCUT2D eigenvalue weighted by Gasteiger charge is -2.12. The SMILES string of the molecule is Cc1ccc(S(=O)(=O)NC(=O)Nc2ccc(-n3c(C)nc4cc(NCC5CC5)ccc4c3=O)nc2)s1. The highest BCUT2D eigenvalue weighted by molar-refractivity contribution is 7.92. The molecule has 1 saturated carbocycles. The predicted octanol–water partition coefficient (Wildman–Crippen LogP) is 3.79. The molecule has 186 valence electrons. The fourth-order valence-corrected chi connectivity index (χ4v) is 5.93. The summed E-state index contributed by atoms with van der Waals surface area (Å²) in [5, 5.41) is 6.31. The van der Waals surface area contributed by atoms with E-state index in [1.165, 1.54) is 35.7 Å². The Balaban J connectivity index is 1.32. The fourth-order valence-electron chi connectivity index (χ4n) is 3.74. The number of benzene rings is 1. The minimum absolute atomic E-state index is 0.0492. The molecule has 0 radical (unpaired) electrons. The molecule has 3 heterocycles. The number of amides is 2. The van der Waals surface area contributed by atoms with Crippen LogP contribution in [0.15, 0.2) is 57.7 Å². The molecule has 12 heteroatoms. The van der Waals surface area contributed by atoms with Gasteiger partial charge in [-0.2, -0.15) is 0 Å². The van der Waals surface area contributed by atoms with Crippen LogP contribution in [0.3, 0.4) is 0 Å². The number of hydrogen-bond acceptors (Lipinski definition) is 8. The zero-order chi connectivity index (χ0) is 25.4. The second-order valence-corrected chi connectivity index (χ2v) is 11.9. The first-order valence-electron chi connectivity index (χ1n) is 11.3. The third-order valence-corrected chi connectivity index (χ3v) is 8.59. The van der Waals surface area contributed by atoms with Crippen LogP contribution in [-0.2, 0) is 10.0 Å². The molecule has 2 amide bonds. The number of rotatable bonds is 7. The summed E-state index contributed by atoms with van der Waals surface area (Å²) in [5.41, 5.74) is 1.54. The number of nitrogens with zero attached hydrogens (tertiary/aromatic N) is 3. The Morgan fingerprint density at radius 2 is 1.89 bits per heavy atom. The number of thiophene rings is 1. The van der Waals surface area contributed by atoms with Gasteiger partial charge in [0, 0.05) is 17.1 Å². The normalized spacial score (nSPS) is 13.5. The smallest absolute Gasteiger partial charge is 0.333 e. The molecule has 5 rings (SSSR count). The van der Waals surface area contributed by atoms with Crippen molar-refractivity contribution in [3.05, 3.63) is 69.7 Å². The summed E-state index contributed by atoms with van der Waals surface area (Å²) in [6, 6.07) is 10.8. The maximum atomic E-state index is 13.2. The first-order valence-corrected chi connectivity index (χ1v) is 13.6. The van der Waals surface area contributed by atoms with Crippen LogP contribution in [0.25, 0.3) is 16.7 Å². The number of anilines is 2. The van der Waals surface area contributed by atoms with E-state index in [0.29, 0.717) is 22.5 Å². The molecule has 1 aromatic carbocycles. The van der Waals surface area contributed by atoms with E-state index in [4.69, 9.17) is 0 Å². The first kappa shape index (κ1) is 23.9. The van der Waals surface area contributed by atoms with Gasteiger partial charge in [-0.1, -0.05) is 0 Å². The Labute approximate surface area is 211 Å². The van der Waals surface area contributed by atoms with Crippen LogP contribution >= 0.6 is 11.3 Å². The van der Waals surface area contributed by atoms with Crippen molar-refractivity contribution in [1.82, 2.24) is 19.3 Å². The highest BCUT2D eigenvalue weighted by atomic mass is 32.2. The zero-order valence-electron chi connectivity index (χ0n) is 19.6. The average molecular weight is 525 g/mol. The van der Waals surface area contributed by atoms with E-state index in [2.05, 4.69) is 20.6 Å². The number of nitrogens with one attached hydrogen (secondary N) is 3. The number of aromatic nitrogens is 3. The van der Waals surface area contributed by atoms with E-state index < -0.39 is 16.1 Å². The lowest BCUT2D eigenvalue weighted by atomic mass is 10.2. The van der Waals surface area contributed by atoms with Crippen LogP contribution in [0, 0.1) is 19.8 Å². The molecule has 3 N–H and O–H groups in total. The number of pyridine rings is 1. The summed E-state index contributed by atoms with van der Waals surface area (Å²) in [4.78, 5) is 35.1. The van der Waals surface area contributed by atoms with Crippen molar-refractivity contribution in [2.75, 3.05) is 17.2 Å². The molecular weight excluding hydrogens is 500 g/mol. The van der Waals surface area contributed by atoms with E-state index in [1.807, 2.05) is 16.9 Å². The van der Waals surface area contributed by atoms with Gasteiger partial charge < -0.3 is 10.6 Å². The quantitative estimate of drug-likeness (QED) is 0.335. The van der Waals surface area contributed by atoms with Crippen LogP contribution in [0.4, 0.5) is 16.2 Å². The van der Waals surface area contributed by atoms with Crippen molar-refractivity contribution in [2.24, 2.45) is 5.92 Å². The molecule has 36 heavy (non-hydrogen) atoms. The summed E-state index contributed by atoms with van der Waals surface area (Å²) in [6.45, 7) is 4.42. The highest BCUT2D eigenvalue weighted by Gasteiger charge is 2.21. The molecule has 0 atom stereocenters. The Bertz CT molecular complexity index is 1620. The van der Waals surface area contributed by atoms with Crippen LogP contribution in [0.5, 0.6) is 0 Å². The van der Waals surface area contributed by atoms with Gasteiger partial charge in [0.15, 0.2) is 0 Å². The van der Waals surface area contributed by atoms with E-state index in [9.17, 15) is 18.0 Å². The Morgan fingerprint density at radius 3 is 2.56 bits per heavy atom. The number of carbonyl (C=O) groups excluding carboxylic acids is 1. The molecule has 0 unspecified atom stereocenters. The van der Waals surface area contributed by atoms with Crippen molar-refractivity contribution < 1.29 is 13.2 Å². The molecule has 4 aromatic rings. The number of aryl methyl sites for hydroxylation is 2. The fraction of sp³-hybridized carbons (Fsp3) is 0.250. The molecule has 0 spiro atoms. The van der Waals surface area contributed by atoms with Crippen LogP contribution in [0.2, 0.25) is 0 Å². The predicted molar refractivity (Wildman–Crippen MR) is 139 cm³/mol. The zero-order valence-corrected chi connectivity index (χ0v) is 21.2. The minimum Gasteiger partial charge on any atom is -0.385 e. The molecular formula is C24H24N6O4S2. The van der Waals surface area contributed by atoms with Gasteiger partial charge in [-0.25, -0.2) is 32.5 Å². The second-order valence-electron chi connectivity index (χ2n) is 8.69. The summed E-state index contributed by atoms with van der Waals surface area (Å²) < 4.78 is 28.1. The van der Waals surface area contributed by atoms with E-state index in [-0.39, 0.29) is 15.5 Å². The van der Waals surface area contributed by atoms with E-state index in [1.54, 1.807) is 32.0 Å². The topological polar surface area (TPSA) is 135 Å². The molecule has 0 aliphatic heterocycles. The van der Waals surface area contributed by atoms with Gasteiger partial charge in [0.1, 0.15) is 15.9 Å². The van der Waals surface area contributed by atoms with Gasteiger partial charge in [-0.05, 0) is 75.1 Å². The third-order valence-electron chi connectivity index (χ3n) is 5.77. The molecule has 3 aromatic heterocycles. The molecule has 0 saturated heterocycles. The standard InChI is InChI=1S/C24H24N6O4S2/c1-14-3-10-22(35-14)36(33,34)29-24(32)28-18-7-9-21(26-13-18)30-15(2)27-20-11-17(25-12-16-4-5-16)6-8-19(20)23(30)31/h3,6-11,13,16,25H,4-5,12H2,1-2H3,(H2,28,29,32). The van der Waals surface area contributed by atoms with Gasteiger partial charge in [-0.15, -0.1) is 11.3 Å². The molecule has 1 fully saturated rings. The van der Waals surface area contributed by atoms with Crippen LogP contribution < -0.4 is 20.9 Å². The van der Waals surface area contributed by atoms with Gasteiger partial charge >= 0.3 is 6.03 Å². The summed E-state index contributed by atoms with van der Waals surface area (Å²) in [5.74, 6) is 1.53. The van der Waals surface area contributed by atoms with Crippen molar-refractivity contribution in [3.63, 3.8) is 0 Å². The van der Waals surface area contributed by atoms with Crippen molar-refractivity contribution >= 4 is 49.7 Å². The number of sulfonamides is 1. The van der Waals surface area contributed by atoms with E-state index in [0.717, 1.165) is 34.4 Å². The lowest BCUT2D eigenvalue weighted by Crippen LogP contribution is -2.34. The minimum atomic E-state index is -3.97. The Kier molecular flexibility index (Phi) is 6.22. The summed E-state index contributed by atoms with van der Waals surface area (Å²) in [7, 11) is -3.97. The molecule has 1 aliphatic rings. The third kappa shape index (κ3) is 5.09. The number of carbonyl (C=O) groups is 1. The van der Waals surface area contributed by atoms with Gasteiger partial charge in [-0.3, -0.25) is 4.79 Å². The summed E-state index contributed by atoms with van der Waals surface area (Å²) >= 11 is 1.07. The average Bonchev–Trinajstić information content (AvgIpc) is 3.55. The number of fused-ring (bicyclic) bond motifs is 1. The number of urea groups is 1. The second kappa shape index (κ2) is 9.36. The molecule has 1 aliphatic carbocycles. The van der Waals surface area contributed by atoms with Gasteiger partial charge in [0.2, 0.25) is 0 Å². The van der Waals surface area contributed by atoms with Crippen LogP contribution in [0.1, 0.15) is 23.5 Å². The lowest BCUT2D eigenvalue weighted by molar-refractivity contribution is 0.256. The Hall–Kier alpha value is -3.77. The first-order chi connectivity index (χ1) is 17.2. The van der Waals surface area contributed by atoms with Crippen molar-refractivity contribution in [3.8, 4) is 5.82 Å².